The van der Waals surface area contributed by atoms with E-state index in [-0.39, 0.29) is 30.6 Å². The van der Waals surface area contributed by atoms with Gasteiger partial charge in [0.2, 0.25) is 5.88 Å². The summed E-state index contributed by atoms with van der Waals surface area (Å²) in [4.78, 5) is 25.6. The first kappa shape index (κ1) is 21.8. The summed E-state index contributed by atoms with van der Waals surface area (Å²) >= 11 is 0. The third kappa shape index (κ3) is 5.15. The van der Waals surface area contributed by atoms with Gasteiger partial charge >= 0.3 is 0 Å². The first-order chi connectivity index (χ1) is 14.4. The second kappa shape index (κ2) is 9.70. The summed E-state index contributed by atoms with van der Waals surface area (Å²) in [6, 6.07) is 5.09. The Balaban J connectivity index is 2.00. The number of fused-ring (bicyclic) bond motifs is 1. The molecule has 0 bridgehead atoms. The van der Waals surface area contributed by atoms with E-state index >= 15 is 0 Å². The number of aliphatic hydroxyl groups is 1. The Morgan fingerprint density at radius 1 is 1.33 bits per heavy atom. The molecular weight excluding hydrogens is 380 g/mol. The van der Waals surface area contributed by atoms with Crippen molar-refractivity contribution in [1.29, 1.82) is 0 Å². The van der Waals surface area contributed by atoms with Crippen molar-refractivity contribution in [2.45, 2.75) is 26.0 Å². The van der Waals surface area contributed by atoms with Crippen molar-refractivity contribution in [1.82, 2.24) is 19.8 Å². The zero-order chi connectivity index (χ0) is 21.7. The van der Waals surface area contributed by atoms with Crippen molar-refractivity contribution in [2.24, 2.45) is 5.92 Å². The minimum atomic E-state index is -0.309. The van der Waals surface area contributed by atoms with Gasteiger partial charge in [-0.2, -0.15) is 0 Å². The van der Waals surface area contributed by atoms with E-state index in [9.17, 15) is 9.90 Å². The number of amides is 1. The molecule has 0 fully saturated rings. The van der Waals surface area contributed by atoms with Gasteiger partial charge in [0.15, 0.2) is 0 Å². The van der Waals surface area contributed by atoms with Crippen LogP contribution in [-0.2, 0) is 0 Å². The maximum Gasteiger partial charge on any atom is 0.259 e. The maximum atomic E-state index is 13.3. The van der Waals surface area contributed by atoms with Crippen LogP contribution in [0.1, 0.15) is 35.3 Å². The van der Waals surface area contributed by atoms with Gasteiger partial charge < -0.3 is 19.6 Å². The topological polar surface area (TPSA) is 78.8 Å². The monoisotopic (exact) mass is 408 g/mol. The van der Waals surface area contributed by atoms with Gasteiger partial charge in [-0.25, -0.2) is 4.98 Å². The Morgan fingerprint density at radius 2 is 2.10 bits per heavy atom. The van der Waals surface area contributed by atoms with Gasteiger partial charge in [0.05, 0.1) is 12.6 Å². The van der Waals surface area contributed by atoms with E-state index in [1.165, 1.54) is 0 Å². The first-order valence-electron chi connectivity index (χ1n) is 10.0. The van der Waals surface area contributed by atoms with Gasteiger partial charge in [0.1, 0.15) is 11.7 Å². The molecule has 0 radical (unpaired) electrons. The smallest absolute Gasteiger partial charge is 0.259 e. The van der Waals surface area contributed by atoms with Crippen molar-refractivity contribution < 1.29 is 14.6 Å². The summed E-state index contributed by atoms with van der Waals surface area (Å²) < 4.78 is 6.19. The Morgan fingerprint density at radius 3 is 2.77 bits per heavy atom. The van der Waals surface area contributed by atoms with Crippen LogP contribution >= 0.6 is 0 Å². The molecule has 1 aliphatic heterocycles. The van der Waals surface area contributed by atoms with Crippen LogP contribution in [0.5, 0.6) is 5.88 Å². The van der Waals surface area contributed by atoms with Crippen LogP contribution in [-0.4, -0.2) is 76.7 Å². The van der Waals surface area contributed by atoms with E-state index in [1.54, 1.807) is 29.6 Å². The second-order valence-electron chi connectivity index (χ2n) is 7.95. The molecule has 0 aliphatic carbocycles. The van der Waals surface area contributed by atoms with Crippen molar-refractivity contribution in [3.63, 3.8) is 0 Å². The van der Waals surface area contributed by atoms with Crippen LogP contribution in [0.25, 0.3) is 0 Å². The van der Waals surface area contributed by atoms with E-state index in [2.05, 4.69) is 33.6 Å². The number of hydrogen-bond acceptors (Lipinski definition) is 6. The molecular formula is C23H28N4O3. The lowest BCUT2D eigenvalue weighted by Gasteiger charge is -2.37. The lowest BCUT2D eigenvalue weighted by Crippen LogP contribution is -2.49. The number of aliphatic hydroxyl groups excluding tert-OH is 1. The van der Waals surface area contributed by atoms with Crippen molar-refractivity contribution in [2.75, 3.05) is 33.8 Å². The highest BCUT2D eigenvalue weighted by Gasteiger charge is 2.33. The molecule has 2 aromatic rings. The molecule has 2 aromatic heterocycles. The fourth-order valence-corrected chi connectivity index (χ4v) is 3.33. The van der Waals surface area contributed by atoms with Crippen LogP contribution in [0.4, 0.5) is 0 Å². The van der Waals surface area contributed by atoms with Crippen molar-refractivity contribution >= 4 is 5.91 Å². The third-order valence-corrected chi connectivity index (χ3v) is 5.08. The molecule has 7 nitrogen and oxygen atoms in total. The zero-order valence-corrected chi connectivity index (χ0v) is 17.9. The van der Waals surface area contributed by atoms with Crippen LogP contribution in [0.15, 0.2) is 36.8 Å². The Bertz CT molecular complexity index is 936. The van der Waals surface area contributed by atoms with Gasteiger partial charge in [-0.05, 0) is 39.2 Å². The van der Waals surface area contributed by atoms with E-state index in [4.69, 9.17) is 4.74 Å². The van der Waals surface area contributed by atoms with Gasteiger partial charge in [0, 0.05) is 48.7 Å². The molecule has 0 saturated heterocycles. The number of rotatable bonds is 4. The molecule has 0 saturated carbocycles. The van der Waals surface area contributed by atoms with Crippen LogP contribution < -0.4 is 4.74 Å². The van der Waals surface area contributed by atoms with E-state index in [0.717, 1.165) is 5.56 Å². The molecule has 3 heterocycles. The minimum absolute atomic E-state index is 0.0744. The summed E-state index contributed by atoms with van der Waals surface area (Å²) in [5.41, 5.74) is 1.76. The summed E-state index contributed by atoms with van der Waals surface area (Å²) in [5.74, 6) is 6.25. The highest BCUT2D eigenvalue weighted by molar-refractivity contribution is 5.97. The van der Waals surface area contributed by atoms with Crippen LogP contribution in [0, 0.1) is 17.8 Å². The Kier molecular flexibility index (Phi) is 7.03. The highest BCUT2D eigenvalue weighted by Crippen LogP contribution is 2.27. The molecule has 3 rings (SSSR count). The van der Waals surface area contributed by atoms with E-state index in [0.29, 0.717) is 30.1 Å². The first-order valence-corrected chi connectivity index (χ1v) is 10.0. The number of carbonyl (C=O) groups excluding carboxylic acids is 1. The molecule has 3 atom stereocenters. The lowest BCUT2D eigenvalue weighted by molar-refractivity contribution is 0.0348. The fourth-order valence-electron chi connectivity index (χ4n) is 3.33. The van der Waals surface area contributed by atoms with Crippen LogP contribution in [0.3, 0.4) is 0 Å². The van der Waals surface area contributed by atoms with Gasteiger partial charge in [-0.1, -0.05) is 18.8 Å². The molecule has 1 aliphatic rings. The number of ether oxygens (including phenoxy) is 1. The number of aromatic nitrogens is 2. The van der Waals surface area contributed by atoms with E-state index in [1.807, 2.05) is 33.2 Å². The average Bonchev–Trinajstić information content (AvgIpc) is 2.74. The predicted octanol–water partition coefficient (Wildman–Crippen LogP) is 1.66. The minimum Gasteiger partial charge on any atom is -0.472 e. The largest absolute Gasteiger partial charge is 0.472 e. The number of hydrogen-bond donors (Lipinski definition) is 1. The molecule has 0 aromatic carbocycles. The fraction of sp³-hybridized carbons (Fsp3) is 0.435. The summed E-state index contributed by atoms with van der Waals surface area (Å²) in [5, 5.41) is 9.70. The molecule has 30 heavy (non-hydrogen) atoms. The lowest BCUT2D eigenvalue weighted by atomic mass is 10.00. The highest BCUT2D eigenvalue weighted by atomic mass is 16.5. The van der Waals surface area contributed by atoms with Gasteiger partial charge in [-0.15, -0.1) is 0 Å². The van der Waals surface area contributed by atoms with Gasteiger partial charge in [0.25, 0.3) is 5.91 Å². The van der Waals surface area contributed by atoms with Crippen molar-refractivity contribution in [3.8, 4) is 17.7 Å². The quantitative estimate of drug-likeness (QED) is 0.776. The molecule has 158 valence electrons. The predicted molar refractivity (Wildman–Crippen MR) is 114 cm³/mol. The Hall–Kier alpha value is -2.95. The summed E-state index contributed by atoms with van der Waals surface area (Å²) in [6.07, 6.45) is 4.85. The summed E-state index contributed by atoms with van der Waals surface area (Å²) in [7, 11) is 3.97. The molecule has 1 amide bonds. The number of carbonyl (C=O) groups is 1. The normalized spacial score (nSPS) is 19.8. The zero-order valence-electron chi connectivity index (χ0n) is 17.9. The van der Waals surface area contributed by atoms with E-state index < -0.39 is 0 Å². The van der Waals surface area contributed by atoms with Gasteiger partial charge in [-0.3, -0.25) is 9.78 Å². The molecule has 1 N–H and O–H groups in total. The maximum absolute atomic E-state index is 13.3. The standard InChI is InChI=1S/C23H28N4O3/c1-16-13-27(17(2)15-28)23(29)20-10-19(8-7-18-6-5-9-24-11-18)12-25-22(20)30-21(16)14-26(3)4/h5-6,9-12,16-17,21,28H,13-15H2,1-4H3/t16-,17-,21-/m0/s1. The Labute approximate surface area is 177 Å². The van der Waals surface area contributed by atoms with Crippen molar-refractivity contribution in [3.05, 3.63) is 53.5 Å². The number of likely N-dealkylation sites (N-methyl/N-ethyl adjacent to an activating group) is 1. The third-order valence-electron chi connectivity index (χ3n) is 5.08. The average molecular weight is 409 g/mol. The molecule has 0 spiro atoms. The molecule has 0 unspecified atom stereocenters. The molecule has 7 heteroatoms. The summed E-state index contributed by atoms with van der Waals surface area (Å²) in [6.45, 7) is 4.97. The SMILES string of the molecule is C[C@H]1CN([C@@H](C)CO)C(=O)c2cc(C#Cc3cccnc3)cnc2O[C@H]1CN(C)C. The van der Waals surface area contributed by atoms with Crippen LogP contribution in [0.2, 0.25) is 0 Å². The number of nitrogens with zero attached hydrogens (tertiary/aromatic N) is 4. The second-order valence-corrected chi connectivity index (χ2v) is 7.95. The number of pyridine rings is 2.